The number of nitrogens with one attached hydrogen (secondary N) is 2. The third-order valence-corrected chi connectivity index (χ3v) is 14.8. The maximum absolute atomic E-state index is 5.18. The molecule has 13 heteroatoms. The van der Waals surface area contributed by atoms with Gasteiger partial charge in [0.05, 0.1) is 5.69 Å². The first-order valence-corrected chi connectivity index (χ1v) is 27.3. The van der Waals surface area contributed by atoms with Crippen LogP contribution in [0.3, 0.4) is 0 Å². The molecule has 0 bridgehead atoms. The van der Waals surface area contributed by atoms with Crippen LogP contribution >= 0.6 is 0 Å². The summed E-state index contributed by atoms with van der Waals surface area (Å²) in [6, 6.07) is 28.6. The molecule has 10 rings (SSSR count). The summed E-state index contributed by atoms with van der Waals surface area (Å²) >= 11 is 0. The van der Waals surface area contributed by atoms with Gasteiger partial charge < -0.3 is 40.0 Å². The van der Waals surface area contributed by atoms with Gasteiger partial charge in [-0.2, -0.15) is 0 Å². The molecule has 5 aromatic rings. The van der Waals surface area contributed by atoms with Crippen LogP contribution in [0.1, 0.15) is 74.0 Å². The summed E-state index contributed by atoms with van der Waals surface area (Å²) in [5.41, 5.74) is 11.3. The van der Waals surface area contributed by atoms with Crippen LogP contribution in [-0.2, 0) is 32.2 Å². The highest BCUT2D eigenvalue weighted by molar-refractivity contribution is 5.65. The fourth-order valence-electron chi connectivity index (χ4n) is 10.5. The maximum Gasteiger partial charge on any atom is 0.161 e. The Morgan fingerprint density at radius 2 is 1.00 bits per heavy atom. The minimum absolute atomic E-state index is 0.849. The molecule has 0 saturated carbocycles. The van der Waals surface area contributed by atoms with E-state index in [9.17, 15) is 0 Å². The van der Waals surface area contributed by atoms with Gasteiger partial charge in [0.15, 0.2) is 11.6 Å². The van der Waals surface area contributed by atoms with Crippen molar-refractivity contribution in [2.45, 2.75) is 78.2 Å². The number of nitrogens with zero attached hydrogens (tertiary/aromatic N) is 11. The molecule has 3 aromatic carbocycles. The number of aromatic nitrogens is 4. The topological polar surface area (TPSA) is 98.3 Å². The summed E-state index contributed by atoms with van der Waals surface area (Å²) in [5.74, 6) is 3.78. The van der Waals surface area contributed by atoms with Crippen molar-refractivity contribution < 1.29 is 0 Å². The van der Waals surface area contributed by atoms with Crippen LogP contribution in [0, 0.1) is 0 Å². The summed E-state index contributed by atoms with van der Waals surface area (Å²) < 4.78 is 0. The van der Waals surface area contributed by atoms with E-state index in [2.05, 4.69) is 152 Å². The van der Waals surface area contributed by atoms with Crippen LogP contribution in [0.5, 0.6) is 0 Å². The van der Waals surface area contributed by atoms with Crippen LogP contribution < -0.4 is 20.4 Å². The molecule has 0 radical (unpaired) electrons. The Balaban J connectivity index is 0.000000193. The number of fused-ring (bicyclic) bond motifs is 2. The van der Waals surface area contributed by atoms with Crippen molar-refractivity contribution in [1.82, 2.24) is 44.4 Å². The molecule has 0 atom stereocenters. The van der Waals surface area contributed by atoms with Gasteiger partial charge in [0, 0.05) is 137 Å². The zero-order valence-electron chi connectivity index (χ0n) is 44.3. The summed E-state index contributed by atoms with van der Waals surface area (Å²) in [5, 5.41) is 7.33. The van der Waals surface area contributed by atoms with Gasteiger partial charge in [-0.25, -0.2) is 19.9 Å². The molecule has 3 fully saturated rings. The SMILES string of the molecule is CC.CN(C)CCNc1nc(-c2ccc(N3CCN(C)CC3)cc2)nc2c1CCCC2.CN1CCN(c2ccc(-c3nc4c(c(NCCCN5CCCC5)n3)CCN(Cc3ccccc3)CC4)cc2)CC1. The molecule has 0 unspecified atom stereocenters. The summed E-state index contributed by atoms with van der Waals surface area (Å²) in [4.78, 5) is 37.3. The number of benzene rings is 3. The Bertz CT molecular complexity index is 2350. The number of aryl methyl sites for hydroxylation is 1. The molecule has 4 aliphatic heterocycles. The molecular weight excluding hydrogens is 879 g/mol. The molecule has 6 heterocycles. The van der Waals surface area contributed by atoms with Crippen LogP contribution in [0.4, 0.5) is 23.0 Å². The van der Waals surface area contributed by atoms with Gasteiger partial charge in [0.25, 0.3) is 0 Å². The minimum Gasteiger partial charge on any atom is -0.370 e. The number of piperazine rings is 2. The van der Waals surface area contributed by atoms with Gasteiger partial charge in [-0.05, 0) is 153 Å². The average Bonchev–Trinajstić information content (AvgIpc) is 3.85. The minimum atomic E-state index is 0.849. The lowest BCUT2D eigenvalue weighted by Gasteiger charge is -2.34. The smallest absolute Gasteiger partial charge is 0.161 e. The van der Waals surface area contributed by atoms with E-state index in [1.165, 1.54) is 84.8 Å². The number of likely N-dealkylation sites (tertiary alicyclic amines) is 1. The lowest BCUT2D eigenvalue weighted by molar-refractivity contribution is 0.279. The third-order valence-electron chi connectivity index (χ3n) is 14.8. The Morgan fingerprint density at radius 1 is 0.493 bits per heavy atom. The molecule has 5 aliphatic rings. The lowest BCUT2D eigenvalue weighted by atomic mass is 9.96. The summed E-state index contributed by atoms with van der Waals surface area (Å²) in [6.07, 6.45) is 10.4. The summed E-state index contributed by atoms with van der Waals surface area (Å²) in [7, 11) is 8.60. The van der Waals surface area contributed by atoms with E-state index in [0.29, 0.717) is 0 Å². The van der Waals surface area contributed by atoms with Gasteiger partial charge in [0.2, 0.25) is 0 Å². The van der Waals surface area contributed by atoms with E-state index in [0.717, 1.165) is 158 Å². The van der Waals surface area contributed by atoms with E-state index >= 15 is 0 Å². The molecule has 2 N–H and O–H groups in total. The molecule has 71 heavy (non-hydrogen) atoms. The molecule has 382 valence electrons. The van der Waals surface area contributed by atoms with Crippen molar-refractivity contribution in [2.75, 3.05) is 153 Å². The second-order valence-corrected chi connectivity index (χ2v) is 20.3. The van der Waals surface area contributed by atoms with Crippen molar-refractivity contribution in [1.29, 1.82) is 0 Å². The van der Waals surface area contributed by atoms with Crippen LogP contribution in [0.25, 0.3) is 22.8 Å². The molecule has 13 nitrogen and oxygen atoms in total. The number of likely N-dealkylation sites (N-methyl/N-ethyl adjacent to an activating group) is 3. The Labute approximate surface area is 427 Å². The largest absolute Gasteiger partial charge is 0.370 e. The van der Waals surface area contributed by atoms with Gasteiger partial charge in [-0.15, -0.1) is 0 Å². The fraction of sp³-hybridized carbons (Fsp3) is 0.552. The molecule has 3 saturated heterocycles. The molecular formula is C58H85N13. The highest BCUT2D eigenvalue weighted by Gasteiger charge is 2.23. The van der Waals surface area contributed by atoms with E-state index in [-0.39, 0.29) is 0 Å². The van der Waals surface area contributed by atoms with Gasteiger partial charge in [-0.1, -0.05) is 44.2 Å². The third kappa shape index (κ3) is 14.7. The number of hydrogen-bond acceptors (Lipinski definition) is 13. The van der Waals surface area contributed by atoms with Crippen molar-refractivity contribution in [2.24, 2.45) is 0 Å². The van der Waals surface area contributed by atoms with E-state index in [1.807, 2.05) is 13.8 Å². The summed E-state index contributed by atoms with van der Waals surface area (Å²) in [6.45, 7) is 22.4. The number of rotatable bonds is 15. The molecule has 1 aliphatic carbocycles. The monoisotopic (exact) mass is 964 g/mol. The Morgan fingerprint density at radius 3 is 1.56 bits per heavy atom. The van der Waals surface area contributed by atoms with E-state index in [4.69, 9.17) is 19.9 Å². The van der Waals surface area contributed by atoms with Gasteiger partial charge in [0.1, 0.15) is 11.6 Å². The molecule has 0 spiro atoms. The zero-order chi connectivity index (χ0) is 49.4. The standard InChI is InChI=1S/C33H45N7.C23H34N6.C2H6/c1-37-22-24-40(25-23-37)29-12-10-28(11-13-29)32-35-31-15-21-39(26-27-8-3-2-4-9-27)20-14-30(31)33(36-32)34-16-7-19-38-17-5-6-18-38;1-27(2)13-12-24-23-20-6-4-5-7-21(20)25-22(26-23)18-8-10-19(11-9-18)29-16-14-28(3)15-17-29;1-2/h2-4,8-13H,5-7,14-26H2,1H3,(H,34,35,36);8-11H,4-7,12-17H2,1-3H3,(H,24,25,26);1-2H3. The highest BCUT2D eigenvalue weighted by Crippen LogP contribution is 2.31. The molecule has 0 amide bonds. The Kier molecular flexibility index (Phi) is 19.5. The first kappa shape index (κ1) is 52.2. The van der Waals surface area contributed by atoms with Gasteiger partial charge in [-0.3, -0.25) is 4.90 Å². The average molecular weight is 964 g/mol. The first-order valence-electron chi connectivity index (χ1n) is 27.3. The normalized spacial score (nSPS) is 17.9. The maximum atomic E-state index is 5.18. The second kappa shape index (κ2) is 26.5. The highest BCUT2D eigenvalue weighted by atomic mass is 15.3. The van der Waals surface area contributed by atoms with E-state index in [1.54, 1.807) is 0 Å². The van der Waals surface area contributed by atoms with Gasteiger partial charge >= 0.3 is 0 Å². The van der Waals surface area contributed by atoms with Crippen molar-refractivity contribution >= 4 is 23.0 Å². The van der Waals surface area contributed by atoms with Crippen LogP contribution in [-0.4, -0.2) is 177 Å². The second-order valence-electron chi connectivity index (χ2n) is 20.3. The quantitative estimate of drug-likeness (QED) is 0.0990. The number of hydrogen-bond donors (Lipinski definition) is 2. The lowest BCUT2D eigenvalue weighted by Crippen LogP contribution is -2.44. The molecule has 2 aromatic heterocycles. The van der Waals surface area contributed by atoms with Crippen molar-refractivity contribution in [3.63, 3.8) is 0 Å². The van der Waals surface area contributed by atoms with Crippen molar-refractivity contribution in [3.05, 3.63) is 107 Å². The zero-order valence-corrected chi connectivity index (χ0v) is 44.3. The predicted octanol–water partition coefficient (Wildman–Crippen LogP) is 8.17. The predicted molar refractivity (Wildman–Crippen MR) is 297 cm³/mol. The Hall–Kier alpha value is -5.18. The van der Waals surface area contributed by atoms with Crippen LogP contribution in [0.15, 0.2) is 78.9 Å². The van der Waals surface area contributed by atoms with Crippen molar-refractivity contribution in [3.8, 4) is 22.8 Å². The fourth-order valence-corrected chi connectivity index (χ4v) is 10.5. The first-order chi connectivity index (χ1) is 34.8. The van der Waals surface area contributed by atoms with Crippen LogP contribution in [0.2, 0.25) is 0 Å². The number of anilines is 4. The van der Waals surface area contributed by atoms with E-state index < -0.39 is 0 Å².